The van der Waals surface area contributed by atoms with Crippen molar-refractivity contribution in [2.45, 2.75) is 50.7 Å². The lowest BCUT2D eigenvalue weighted by Gasteiger charge is -2.30. The predicted molar refractivity (Wildman–Crippen MR) is 131 cm³/mol. The largest absolute Gasteiger partial charge is 0.416 e. The lowest BCUT2D eigenvalue weighted by atomic mass is 10.0. The Kier molecular flexibility index (Phi) is 9.06. The number of hydrogen-bond acceptors (Lipinski definition) is 6. The molecular weight excluding hydrogens is 498 g/mol. The maximum atomic E-state index is 13.5. The van der Waals surface area contributed by atoms with Gasteiger partial charge >= 0.3 is 12.4 Å². The summed E-state index contributed by atoms with van der Waals surface area (Å²) in [6, 6.07) is 1.74. The SMILES string of the molecule is CCC1CC(N(Cc2cc(C(F)(F)F)cc(C(F)(F)F)c2)c2ncc(/C(=C/NC)CNC)cn2)CN1C. The molecule has 2 N–H and O–H groups in total. The van der Waals surface area contributed by atoms with Crippen LogP contribution in [-0.2, 0) is 18.9 Å². The number of hydrogen-bond donors (Lipinski definition) is 2. The molecule has 12 heteroatoms. The van der Waals surface area contributed by atoms with Crippen molar-refractivity contribution in [2.75, 3.05) is 39.1 Å². The van der Waals surface area contributed by atoms with Crippen LogP contribution in [0.2, 0.25) is 0 Å². The Morgan fingerprint density at radius 3 is 2.11 bits per heavy atom. The van der Waals surface area contributed by atoms with Crippen LogP contribution in [0.25, 0.3) is 5.57 Å². The Balaban J connectivity index is 2.03. The van der Waals surface area contributed by atoms with Gasteiger partial charge in [0.1, 0.15) is 0 Å². The van der Waals surface area contributed by atoms with Crippen LogP contribution in [-0.4, -0.2) is 61.2 Å². The molecule has 1 saturated heterocycles. The third-order valence-corrected chi connectivity index (χ3v) is 6.53. The van der Waals surface area contributed by atoms with Crippen LogP contribution >= 0.6 is 0 Å². The van der Waals surface area contributed by atoms with Gasteiger partial charge in [0.2, 0.25) is 5.95 Å². The van der Waals surface area contributed by atoms with Crippen molar-refractivity contribution < 1.29 is 26.3 Å². The second-order valence-electron chi connectivity index (χ2n) is 9.19. The van der Waals surface area contributed by atoms with E-state index >= 15 is 0 Å². The van der Waals surface area contributed by atoms with Crippen LogP contribution < -0.4 is 15.5 Å². The Hall–Kier alpha value is -2.86. The summed E-state index contributed by atoms with van der Waals surface area (Å²) in [6.45, 7) is 2.97. The second kappa shape index (κ2) is 11.7. The summed E-state index contributed by atoms with van der Waals surface area (Å²) in [5.41, 5.74) is -1.15. The lowest BCUT2D eigenvalue weighted by Crippen LogP contribution is -2.38. The van der Waals surface area contributed by atoms with E-state index in [9.17, 15) is 26.3 Å². The summed E-state index contributed by atoms with van der Waals surface area (Å²) in [5.74, 6) is 0.248. The second-order valence-corrected chi connectivity index (χ2v) is 9.19. The minimum atomic E-state index is -4.91. The van der Waals surface area contributed by atoms with E-state index < -0.39 is 23.5 Å². The average Bonchev–Trinajstić information content (AvgIpc) is 3.21. The van der Waals surface area contributed by atoms with E-state index in [1.165, 1.54) is 0 Å². The van der Waals surface area contributed by atoms with Gasteiger partial charge in [-0.3, -0.25) is 0 Å². The summed E-state index contributed by atoms with van der Waals surface area (Å²) in [5, 5.41) is 6.01. The highest BCUT2D eigenvalue weighted by molar-refractivity contribution is 5.65. The molecule has 2 heterocycles. The zero-order chi connectivity index (χ0) is 27.4. The minimum absolute atomic E-state index is 0.108. The first-order chi connectivity index (χ1) is 17.4. The van der Waals surface area contributed by atoms with Crippen molar-refractivity contribution in [3.8, 4) is 0 Å². The van der Waals surface area contributed by atoms with Gasteiger partial charge in [-0.25, -0.2) is 9.97 Å². The predicted octanol–water partition coefficient (Wildman–Crippen LogP) is 4.78. The highest BCUT2D eigenvalue weighted by Gasteiger charge is 2.38. The van der Waals surface area contributed by atoms with Crippen LogP contribution in [0, 0.1) is 0 Å². The fraction of sp³-hybridized carbons (Fsp3) is 0.520. The number of benzene rings is 1. The van der Waals surface area contributed by atoms with Gasteiger partial charge in [0, 0.05) is 62.9 Å². The van der Waals surface area contributed by atoms with Gasteiger partial charge in [-0.2, -0.15) is 26.3 Å². The number of likely N-dealkylation sites (N-methyl/N-ethyl adjacent to an activating group) is 2. The normalized spacial score (nSPS) is 19.4. The number of rotatable bonds is 9. The molecule has 37 heavy (non-hydrogen) atoms. The van der Waals surface area contributed by atoms with Crippen molar-refractivity contribution >= 4 is 11.5 Å². The van der Waals surface area contributed by atoms with Crippen LogP contribution in [0.4, 0.5) is 32.3 Å². The molecule has 2 unspecified atom stereocenters. The van der Waals surface area contributed by atoms with Crippen LogP contribution in [0.1, 0.15) is 42.0 Å². The zero-order valence-corrected chi connectivity index (χ0v) is 21.2. The first kappa shape index (κ1) is 28.7. The lowest BCUT2D eigenvalue weighted by molar-refractivity contribution is -0.143. The van der Waals surface area contributed by atoms with E-state index in [-0.39, 0.29) is 36.2 Å². The van der Waals surface area contributed by atoms with Gasteiger partial charge in [-0.1, -0.05) is 6.92 Å². The van der Waals surface area contributed by atoms with Crippen molar-refractivity contribution in [2.24, 2.45) is 0 Å². The monoisotopic (exact) mass is 530 g/mol. The van der Waals surface area contributed by atoms with E-state index in [2.05, 4.69) is 25.5 Å². The van der Waals surface area contributed by atoms with Crippen LogP contribution in [0.3, 0.4) is 0 Å². The fourth-order valence-electron chi connectivity index (χ4n) is 4.66. The molecule has 2 atom stereocenters. The maximum Gasteiger partial charge on any atom is 0.416 e. The van der Waals surface area contributed by atoms with Gasteiger partial charge in [0.15, 0.2) is 0 Å². The van der Waals surface area contributed by atoms with Gasteiger partial charge in [-0.15, -0.1) is 0 Å². The quantitative estimate of drug-likeness (QED) is 0.455. The first-order valence-electron chi connectivity index (χ1n) is 12.0. The molecule has 0 radical (unpaired) electrons. The molecule has 3 rings (SSSR count). The third kappa shape index (κ3) is 7.13. The Labute approximate surface area is 212 Å². The fourth-order valence-corrected chi connectivity index (χ4v) is 4.66. The van der Waals surface area contributed by atoms with Crippen molar-refractivity contribution in [3.63, 3.8) is 0 Å². The standard InChI is InChI=1S/C25H32F6N6/c1-5-21-9-22(15-36(21)4)37(23-34-12-18(13-35-23)17(10-32-2)11-33-3)14-16-6-19(24(26,27)28)8-20(7-16)25(29,30)31/h6-8,10,12-13,21-22,32-33H,5,9,11,14-15H2,1-4H3/b17-10+. The number of likely N-dealkylation sites (tertiary alicyclic amines) is 1. The summed E-state index contributed by atoms with van der Waals surface area (Å²) in [6.07, 6.45) is -3.26. The van der Waals surface area contributed by atoms with E-state index in [1.54, 1.807) is 37.6 Å². The summed E-state index contributed by atoms with van der Waals surface area (Å²) in [7, 11) is 5.51. The molecule has 1 fully saturated rings. The Morgan fingerprint density at radius 1 is 1.05 bits per heavy atom. The Morgan fingerprint density at radius 2 is 1.65 bits per heavy atom. The van der Waals surface area contributed by atoms with Crippen LogP contribution in [0.15, 0.2) is 36.8 Å². The first-order valence-corrected chi connectivity index (χ1v) is 12.0. The summed E-state index contributed by atoms with van der Waals surface area (Å²) in [4.78, 5) is 12.8. The molecular formula is C25H32F6N6. The smallest absolute Gasteiger partial charge is 0.394 e. The highest BCUT2D eigenvalue weighted by atomic mass is 19.4. The van der Waals surface area contributed by atoms with Crippen molar-refractivity contribution in [1.82, 2.24) is 25.5 Å². The highest BCUT2D eigenvalue weighted by Crippen LogP contribution is 2.37. The molecule has 204 valence electrons. The van der Waals surface area contributed by atoms with Gasteiger partial charge in [0.25, 0.3) is 0 Å². The molecule has 1 aliphatic heterocycles. The number of nitrogens with zero attached hydrogens (tertiary/aromatic N) is 4. The average molecular weight is 531 g/mol. The molecule has 0 spiro atoms. The van der Waals surface area contributed by atoms with E-state index in [0.29, 0.717) is 19.5 Å². The molecule has 0 aliphatic carbocycles. The number of nitrogens with one attached hydrogen (secondary N) is 2. The summed E-state index contributed by atoms with van der Waals surface area (Å²) >= 11 is 0. The van der Waals surface area contributed by atoms with E-state index in [1.807, 2.05) is 14.0 Å². The van der Waals surface area contributed by atoms with Gasteiger partial charge in [0.05, 0.1) is 11.1 Å². The topological polar surface area (TPSA) is 56.3 Å². The molecule has 0 amide bonds. The molecule has 0 saturated carbocycles. The molecule has 1 aliphatic rings. The number of halogens is 6. The molecule has 2 aromatic rings. The third-order valence-electron chi connectivity index (χ3n) is 6.53. The van der Waals surface area contributed by atoms with Gasteiger partial charge in [-0.05, 0) is 56.3 Å². The zero-order valence-electron chi connectivity index (χ0n) is 21.2. The van der Waals surface area contributed by atoms with Gasteiger partial charge < -0.3 is 20.4 Å². The van der Waals surface area contributed by atoms with E-state index in [4.69, 9.17) is 0 Å². The maximum absolute atomic E-state index is 13.5. The molecule has 0 bridgehead atoms. The van der Waals surface area contributed by atoms with E-state index in [0.717, 1.165) is 29.7 Å². The Bertz CT molecular complexity index is 1030. The number of alkyl halides is 6. The number of anilines is 1. The molecule has 1 aromatic heterocycles. The number of aromatic nitrogens is 2. The molecule has 1 aromatic carbocycles. The summed E-state index contributed by atoms with van der Waals surface area (Å²) < 4.78 is 80.8. The minimum Gasteiger partial charge on any atom is -0.394 e. The molecule has 6 nitrogen and oxygen atoms in total. The van der Waals surface area contributed by atoms with Crippen molar-refractivity contribution in [3.05, 3.63) is 59.0 Å². The van der Waals surface area contributed by atoms with Crippen LogP contribution in [0.5, 0.6) is 0 Å². The van der Waals surface area contributed by atoms with Crippen molar-refractivity contribution in [1.29, 1.82) is 0 Å².